The van der Waals surface area contributed by atoms with Crippen molar-refractivity contribution < 1.29 is 8.42 Å². The molecule has 0 saturated heterocycles. The SMILES string of the molecule is O=S(=O)(Nc1nnns1)c1sccc1Br. The van der Waals surface area contributed by atoms with Crippen LogP contribution in [0.3, 0.4) is 0 Å². The molecule has 2 aromatic heterocycles. The summed E-state index contributed by atoms with van der Waals surface area (Å²) in [6, 6.07) is 1.66. The molecule has 0 fully saturated rings. The van der Waals surface area contributed by atoms with Crippen LogP contribution in [-0.2, 0) is 10.0 Å². The van der Waals surface area contributed by atoms with Gasteiger partial charge in [0.25, 0.3) is 10.0 Å². The summed E-state index contributed by atoms with van der Waals surface area (Å²) in [5.74, 6) is 0. The molecule has 2 heterocycles. The number of hydrogen-bond donors (Lipinski definition) is 1. The monoisotopic (exact) mass is 326 g/mol. The largest absolute Gasteiger partial charge is 0.274 e. The van der Waals surface area contributed by atoms with E-state index in [-0.39, 0.29) is 9.34 Å². The Kier molecular flexibility index (Phi) is 3.00. The van der Waals surface area contributed by atoms with E-state index in [1.807, 2.05) is 0 Å². The van der Waals surface area contributed by atoms with E-state index in [2.05, 4.69) is 35.5 Å². The summed E-state index contributed by atoms with van der Waals surface area (Å²) in [5.41, 5.74) is 0. The molecule has 6 nitrogen and oxygen atoms in total. The maximum Gasteiger partial charge on any atom is 0.274 e. The highest BCUT2D eigenvalue weighted by Crippen LogP contribution is 2.29. The Hall–Kier alpha value is -0.580. The van der Waals surface area contributed by atoms with Gasteiger partial charge in [0, 0.05) is 16.0 Å². The van der Waals surface area contributed by atoms with Crippen LogP contribution in [0.5, 0.6) is 0 Å². The van der Waals surface area contributed by atoms with Gasteiger partial charge in [-0.2, -0.15) is 0 Å². The molecule has 0 spiro atoms. The van der Waals surface area contributed by atoms with E-state index in [1.165, 1.54) is 0 Å². The molecule has 0 amide bonds. The van der Waals surface area contributed by atoms with Gasteiger partial charge in [0.15, 0.2) is 4.21 Å². The fourth-order valence-corrected chi connectivity index (χ4v) is 4.73. The molecule has 0 aliphatic heterocycles. The van der Waals surface area contributed by atoms with Crippen LogP contribution in [0, 0.1) is 0 Å². The van der Waals surface area contributed by atoms with Crippen LogP contribution in [0.25, 0.3) is 0 Å². The summed E-state index contributed by atoms with van der Waals surface area (Å²) in [6.07, 6.45) is 0. The van der Waals surface area contributed by atoms with Crippen molar-refractivity contribution in [2.45, 2.75) is 4.21 Å². The Bertz CT molecular complexity index is 549. The lowest BCUT2D eigenvalue weighted by Gasteiger charge is -2.01. The molecule has 0 saturated carbocycles. The van der Waals surface area contributed by atoms with Gasteiger partial charge in [-0.25, -0.2) is 8.42 Å². The third-order valence-electron chi connectivity index (χ3n) is 1.35. The summed E-state index contributed by atoms with van der Waals surface area (Å²) in [4.78, 5) is 0. The number of sulfonamides is 1. The number of anilines is 1. The van der Waals surface area contributed by atoms with E-state index >= 15 is 0 Å². The van der Waals surface area contributed by atoms with Crippen molar-refractivity contribution in [2.24, 2.45) is 0 Å². The lowest BCUT2D eigenvalue weighted by atomic mass is 10.7. The van der Waals surface area contributed by atoms with Crippen molar-refractivity contribution in [3.63, 3.8) is 0 Å². The van der Waals surface area contributed by atoms with Crippen LogP contribution in [0.4, 0.5) is 5.13 Å². The van der Waals surface area contributed by atoms with E-state index in [0.29, 0.717) is 4.47 Å². The van der Waals surface area contributed by atoms with Crippen LogP contribution in [0.1, 0.15) is 0 Å². The van der Waals surface area contributed by atoms with Crippen molar-refractivity contribution in [1.82, 2.24) is 14.8 Å². The van der Waals surface area contributed by atoms with E-state index in [0.717, 1.165) is 22.9 Å². The first-order valence-electron chi connectivity index (χ1n) is 3.50. The summed E-state index contributed by atoms with van der Waals surface area (Å²) >= 11 is 5.15. The van der Waals surface area contributed by atoms with Crippen molar-refractivity contribution in [3.8, 4) is 0 Å². The fourth-order valence-electron chi connectivity index (χ4n) is 0.806. The Morgan fingerprint density at radius 2 is 2.27 bits per heavy atom. The topological polar surface area (TPSA) is 84.8 Å². The van der Waals surface area contributed by atoms with E-state index < -0.39 is 10.0 Å². The fraction of sp³-hybridized carbons (Fsp3) is 0. The minimum Gasteiger partial charge on any atom is -0.251 e. The molecule has 0 aromatic carbocycles. The Balaban J connectivity index is 2.33. The molecule has 1 N–H and O–H groups in total. The molecule has 2 aromatic rings. The Morgan fingerprint density at radius 3 is 2.80 bits per heavy atom. The van der Waals surface area contributed by atoms with Crippen molar-refractivity contribution in [2.75, 3.05) is 4.72 Å². The number of nitrogens with zero attached hydrogens (tertiary/aromatic N) is 3. The van der Waals surface area contributed by atoms with Gasteiger partial charge >= 0.3 is 0 Å². The summed E-state index contributed by atoms with van der Waals surface area (Å²) in [5, 5.41) is 8.62. The van der Waals surface area contributed by atoms with Gasteiger partial charge in [-0.1, -0.05) is 9.59 Å². The molecule has 0 atom stereocenters. The van der Waals surface area contributed by atoms with Gasteiger partial charge in [0.05, 0.1) is 0 Å². The third-order valence-corrected chi connectivity index (χ3v) is 6.00. The molecule has 15 heavy (non-hydrogen) atoms. The first-order valence-corrected chi connectivity index (χ1v) is 7.43. The van der Waals surface area contributed by atoms with Gasteiger partial charge in [-0.3, -0.25) is 4.72 Å². The lowest BCUT2D eigenvalue weighted by Crippen LogP contribution is -2.11. The number of hydrogen-bond acceptors (Lipinski definition) is 7. The smallest absolute Gasteiger partial charge is 0.251 e. The first-order chi connectivity index (χ1) is 7.09. The Labute approximate surface area is 102 Å². The average molecular weight is 327 g/mol. The molecule has 0 aliphatic rings. The maximum absolute atomic E-state index is 11.8. The highest BCUT2D eigenvalue weighted by molar-refractivity contribution is 9.10. The summed E-state index contributed by atoms with van der Waals surface area (Å²) < 4.78 is 30.0. The maximum atomic E-state index is 11.8. The van der Waals surface area contributed by atoms with E-state index in [9.17, 15) is 8.42 Å². The standard InChI is InChI=1S/C5H3BrN4O2S3/c6-3-1-2-13-4(3)15(11,12)8-5-7-9-10-14-5/h1-2H,(H,7,8,10). The number of halogens is 1. The number of aromatic nitrogens is 3. The van der Waals surface area contributed by atoms with Crippen LogP contribution in [0.15, 0.2) is 20.1 Å². The molecule has 10 heteroatoms. The molecule has 0 radical (unpaired) electrons. The number of nitrogens with one attached hydrogen (secondary N) is 1. The van der Waals surface area contributed by atoms with Gasteiger partial charge in [-0.05, 0) is 32.6 Å². The number of thiophene rings is 1. The summed E-state index contributed by atoms with van der Waals surface area (Å²) in [6.45, 7) is 0. The zero-order chi connectivity index (χ0) is 10.9. The van der Waals surface area contributed by atoms with Gasteiger partial charge in [0.1, 0.15) is 0 Å². The molecule has 80 valence electrons. The predicted octanol–water partition coefficient (Wildman–Crippen LogP) is 1.56. The van der Waals surface area contributed by atoms with Gasteiger partial charge in [-0.15, -0.1) is 11.3 Å². The minimum absolute atomic E-state index is 0.148. The second-order valence-electron chi connectivity index (χ2n) is 2.33. The zero-order valence-corrected chi connectivity index (χ0v) is 11.0. The van der Waals surface area contributed by atoms with Crippen molar-refractivity contribution in [3.05, 3.63) is 15.9 Å². The van der Waals surface area contributed by atoms with Crippen molar-refractivity contribution in [1.29, 1.82) is 0 Å². The van der Waals surface area contributed by atoms with Gasteiger partial charge in [0.2, 0.25) is 5.13 Å². The molecule has 0 bridgehead atoms. The minimum atomic E-state index is -3.58. The van der Waals surface area contributed by atoms with E-state index in [4.69, 9.17) is 0 Å². The highest BCUT2D eigenvalue weighted by atomic mass is 79.9. The third kappa shape index (κ3) is 2.33. The number of rotatable bonds is 3. The van der Waals surface area contributed by atoms with Crippen LogP contribution >= 0.6 is 38.8 Å². The van der Waals surface area contributed by atoms with Gasteiger partial charge < -0.3 is 0 Å². The lowest BCUT2D eigenvalue weighted by molar-refractivity contribution is 0.602. The van der Waals surface area contributed by atoms with E-state index in [1.54, 1.807) is 11.4 Å². The second kappa shape index (κ2) is 4.12. The Morgan fingerprint density at radius 1 is 1.47 bits per heavy atom. The molecular formula is C5H3BrN4O2S3. The molecule has 0 aliphatic carbocycles. The quantitative estimate of drug-likeness (QED) is 0.925. The van der Waals surface area contributed by atoms with Crippen molar-refractivity contribution >= 4 is 54.0 Å². The molecule has 0 unspecified atom stereocenters. The van der Waals surface area contributed by atoms with Crippen LogP contribution < -0.4 is 4.72 Å². The summed E-state index contributed by atoms with van der Waals surface area (Å²) in [7, 11) is -3.58. The second-order valence-corrected chi connectivity index (χ2v) is 6.71. The van der Waals surface area contributed by atoms with Crippen LogP contribution in [-0.4, -0.2) is 23.2 Å². The molecular weight excluding hydrogens is 324 g/mol. The first kappa shape index (κ1) is 10.9. The predicted molar refractivity (Wildman–Crippen MR) is 60.5 cm³/mol. The molecule has 2 rings (SSSR count). The highest BCUT2D eigenvalue weighted by Gasteiger charge is 2.20. The normalized spacial score (nSPS) is 11.5. The van der Waals surface area contributed by atoms with Crippen LogP contribution in [0.2, 0.25) is 0 Å². The average Bonchev–Trinajstić information content (AvgIpc) is 2.75. The zero-order valence-electron chi connectivity index (χ0n) is 6.92.